The molecule has 6 nitrogen and oxygen atoms in total. The number of nitrogens with one attached hydrogen (secondary N) is 2. The number of nitrogens with zero attached hydrogens (tertiary/aromatic N) is 3. The molecule has 1 aromatic heterocycles. The summed E-state index contributed by atoms with van der Waals surface area (Å²) in [4.78, 5) is 23.5. The van der Waals surface area contributed by atoms with Crippen LogP contribution in [0, 0.1) is 6.92 Å². The third-order valence-corrected chi connectivity index (χ3v) is 4.76. The number of rotatable bonds is 9. The molecule has 29 heavy (non-hydrogen) atoms. The van der Waals surface area contributed by atoms with Gasteiger partial charge in [0.25, 0.3) is 5.91 Å². The molecule has 0 radical (unpaired) electrons. The largest absolute Gasteiger partial charge is 0.351 e. The van der Waals surface area contributed by atoms with Crippen molar-refractivity contribution < 1.29 is 4.79 Å². The summed E-state index contributed by atoms with van der Waals surface area (Å²) >= 11 is 0. The summed E-state index contributed by atoms with van der Waals surface area (Å²) in [7, 11) is 4.04. The summed E-state index contributed by atoms with van der Waals surface area (Å²) < 4.78 is 0. The Morgan fingerprint density at radius 2 is 1.69 bits per heavy atom. The van der Waals surface area contributed by atoms with Crippen LogP contribution in [0.15, 0.2) is 24.3 Å². The SMILES string of the molecule is Cc1nc(Nc2c(C(C)C)cccc2C(C)C)cc(C(=O)NCCCN(C)C)n1. The van der Waals surface area contributed by atoms with Gasteiger partial charge in [0.2, 0.25) is 0 Å². The molecule has 0 aliphatic carbocycles. The Balaban J connectivity index is 2.26. The fourth-order valence-corrected chi connectivity index (χ4v) is 3.26. The molecule has 0 saturated heterocycles. The summed E-state index contributed by atoms with van der Waals surface area (Å²) in [6, 6.07) is 8.12. The van der Waals surface area contributed by atoms with Crippen LogP contribution in [0.5, 0.6) is 0 Å². The smallest absolute Gasteiger partial charge is 0.270 e. The monoisotopic (exact) mass is 397 g/mol. The Morgan fingerprint density at radius 3 is 2.24 bits per heavy atom. The van der Waals surface area contributed by atoms with Crippen molar-refractivity contribution >= 4 is 17.4 Å². The number of hydrogen-bond acceptors (Lipinski definition) is 5. The van der Waals surface area contributed by atoms with Crippen LogP contribution in [0.25, 0.3) is 0 Å². The van der Waals surface area contributed by atoms with Gasteiger partial charge in [-0.3, -0.25) is 4.79 Å². The van der Waals surface area contributed by atoms with Crippen LogP contribution in [0.3, 0.4) is 0 Å². The van der Waals surface area contributed by atoms with Crippen LogP contribution in [0.1, 0.15) is 73.4 Å². The molecule has 1 aromatic carbocycles. The number of para-hydroxylation sites is 1. The van der Waals surface area contributed by atoms with Gasteiger partial charge in [0.05, 0.1) is 0 Å². The molecule has 0 atom stereocenters. The molecule has 1 heterocycles. The van der Waals surface area contributed by atoms with E-state index in [2.05, 4.69) is 71.4 Å². The summed E-state index contributed by atoms with van der Waals surface area (Å²) in [6.45, 7) is 12.1. The van der Waals surface area contributed by atoms with Gasteiger partial charge in [-0.25, -0.2) is 9.97 Å². The third-order valence-electron chi connectivity index (χ3n) is 4.76. The van der Waals surface area contributed by atoms with Gasteiger partial charge in [-0.15, -0.1) is 0 Å². The van der Waals surface area contributed by atoms with Crippen molar-refractivity contribution in [1.29, 1.82) is 0 Å². The van der Waals surface area contributed by atoms with E-state index in [1.807, 2.05) is 21.0 Å². The Bertz CT molecular complexity index is 804. The van der Waals surface area contributed by atoms with E-state index >= 15 is 0 Å². The maximum Gasteiger partial charge on any atom is 0.270 e. The van der Waals surface area contributed by atoms with Gasteiger partial charge in [0, 0.05) is 18.3 Å². The first-order chi connectivity index (χ1) is 13.7. The van der Waals surface area contributed by atoms with Crippen LogP contribution in [-0.2, 0) is 0 Å². The number of carbonyl (C=O) groups is 1. The molecule has 6 heteroatoms. The van der Waals surface area contributed by atoms with Crippen molar-refractivity contribution in [2.24, 2.45) is 0 Å². The van der Waals surface area contributed by atoms with E-state index in [1.54, 1.807) is 6.07 Å². The Labute approximate surface area is 175 Å². The molecule has 1 amide bonds. The number of aromatic nitrogens is 2. The Morgan fingerprint density at radius 1 is 1.07 bits per heavy atom. The van der Waals surface area contributed by atoms with Gasteiger partial charge in [0.15, 0.2) is 0 Å². The molecule has 2 rings (SSSR count). The average Bonchev–Trinajstić information content (AvgIpc) is 2.64. The van der Waals surface area contributed by atoms with Gasteiger partial charge < -0.3 is 15.5 Å². The van der Waals surface area contributed by atoms with E-state index < -0.39 is 0 Å². The lowest BCUT2D eigenvalue weighted by molar-refractivity contribution is 0.0947. The van der Waals surface area contributed by atoms with Crippen LogP contribution in [-0.4, -0.2) is 48.0 Å². The highest BCUT2D eigenvalue weighted by Crippen LogP contribution is 2.34. The summed E-state index contributed by atoms with van der Waals surface area (Å²) in [5.41, 5.74) is 3.94. The highest BCUT2D eigenvalue weighted by molar-refractivity contribution is 5.93. The van der Waals surface area contributed by atoms with Gasteiger partial charge >= 0.3 is 0 Å². The first-order valence-corrected chi connectivity index (χ1v) is 10.4. The molecule has 0 bridgehead atoms. The standard InChI is InChI=1S/C23H35N5O/c1-15(2)18-10-8-11-19(16(3)4)22(18)27-21-14-20(25-17(5)26-21)23(29)24-12-9-13-28(6)7/h8,10-11,14-16H,9,12-13H2,1-7H3,(H,24,29)(H,25,26,27). The van der Waals surface area contributed by atoms with E-state index in [1.165, 1.54) is 11.1 Å². The molecule has 0 saturated carbocycles. The van der Waals surface area contributed by atoms with Crippen LogP contribution in [0.4, 0.5) is 11.5 Å². The van der Waals surface area contributed by atoms with Crippen molar-refractivity contribution in [3.8, 4) is 0 Å². The fraction of sp³-hybridized carbons (Fsp3) is 0.522. The highest BCUT2D eigenvalue weighted by atomic mass is 16.1. The molecule has 0 spiro atoms. The maximum absolute atomic E-state index is 12.6. The number of benzene rings is 1. The molecule has 0 aliphatic heterocycles. The first kappa shape index (κ1) is 22.8. The highest BCUT2D eigenvalue weighted by Gasteiger charge is 2.16. The Kier molecular flexibility index (Phi) is 8.14. The summed E-state index contributed by atoms with van der Waals surface area (Å²) in [5, 5.41) is 6.43. The zero-order valence-corrected chi connectivity index (χ0v) is 18.8. The summed E-state index contributed by atoms with van der Waals surface area (Å²) in [6.07, 6.45) is 0.896. The molecular weight excluding hydrogens is 362 g/mol. The van der Waals surface area contributed by atoms with Crippen molar-refractivity contribution in [3.05, 3.63) is 46.9 Å². The first-order valence-electron chi connectivity index (χ1n) is 10.4. The average molecular weight is 398 g/mol. The Hall–Kier alpha value is -2.47. The second-order valence-electron chi connectivity index (χ2n) is 8.34. The molecule has 0 fully saturated rings. The van der Waals surface area contributed by atoms with E-state index in [0.29, 0.717) is 35.7 Å². The molecule has 0 unspecified atom stereocenters. The van der Waals surface area contributed by atoms with Crippen molar-refractivity contribution in [1.82, 2.24) is 20.2 Å². The molecule has 2 N–H and O–H groups in total. The zero-order chi connectivity index (χ0) is 21.6. The lowest BCUT2D eigenvalue weighted by Gasteiger charge is -2.21. The molecule has 158 valence electrons. The van der Waals surface area contributed by atoms with Gasteiger partial charge in [0.1, 0.15) is 17.3 Å². The van der Waals surface area contributed by atoms with Crippen LogP contribution >= 0.6 is 0 Å². The van der Waals surface area contributed by atoms with Gasteiger partial charge in [-0.2, -0.15) is 0 Å². The number of hydrogen-bond donors (Lipinski definition) is 2. The number of amides is 1. The van der Waals surface area contributed by atoms with Gasteiger partial charge in [-0.05, 0) is 56.9 Å². The number of aryl methyl sites for hydroxylation is 1. The van der Waals surface area contributed by atoms with E-state index in [0.717, 1.165) is 18.7 Å². The normalized spacial score (nSPS) is 11.4. The van der Waals surface area contributed by atoms with Crippen LogP contribution < -0.4 is 10.6 Å². The topological polar surface area (TPSA) is 70.2 Å². The minimum Gasteiger partial charge on any atom is -0.351 e. The van der Waals surface area contributed by atoms with Gasteiger partial charge in [-0.1, -0.05) is 45.9 Å². The zero-order valence-electron chi connectivity index (χ0n) is 18.8. The predicted molar refractivity (Wildman–Crippen MR) is 120 cm³/mol. The van der Waals surface area contributed by atoms with Crippen molar-refractivity contribution in [3.63, 3.8) is 0 Å². The molecule has 0 aliphatic rings. The minimum absolute atomic E-state index is 0.168. The minimum atomic E-state index is -0.168. The molecule has 2 aromatic rings. The van der Waals surface area contributed by atoms with E-state index in [-0.39, 0.29) is 5.91 Å². The summed E-state index contributed by atoms with van der Waals surface area (Å²) in [5.74, 6) is 1.79. The lowest BCUT2D eigenvalue weighted by atomic mass is 9.92. The quantitative estimate of drug-likeness (QED) is 0.612. The fourth-order valence-electron chi connectivity index (χ4n) is 3.26. The van der Waals surface area contributed by atoms with Crippen molar-refractivity contribution in [2.45, 2.75) is 52.9 Å². The second-order valence-corrected chi connectivity index (χ2v) is 8.34. The number of carbonyl (C=O) groups excluding carboxylic acids is 1. The van der Waals surface area contributed by atoms with Crippen molar-refractivity contribution in [2.75, 3.05) is 32.5 Å². The number of anilines is 2. The van der Waals surface area contributed by atoms with Crippen LogP contribution in [0.2, 0.25) is 0 Å². The predicted octanol–water partition coefficient (Wildman–Crippen LogP) is 4.46. The third kappa shape index (κ3) is 6.53. The second kappa shape index (κ2) is 10.3. The maximum atomic E-state index is 12.6. The lowest BCUT2D eigenvalue weighted by Crippen LogP contribution is -2.28. The van der Waals surface area contributed by atoms with E-state index in [4.69, 9.17) is 0 Å². The van der Waals surface area contributed by atoms with E-state index in [9.17, 15) is 4.79 Å². The molecular formula is C23H35N5O.